The molecule has 2 aliphatic rings. The number of carbonyl (C=O) groups excluding carboxylic acids is 1. The minimum atomic E-state index is 0.0694. The van der Waals surface area contributed by atoms with Crippen molar-refractivity contribution in [3.8, 4) is 22.5 Å². The van der Waals surface area contributed by atoms with E-state index in [0.717, 1.165) is 42.6 Å². The largest absolute Gasteiger partial charge is 0.356 e. The monoisotopic (exact) mass is 418 g/mol. The molecule has 0 radical (unpaired) electrons. The van der Waals surface area contributed by atoms with Crippen molar-refractivity contribution < 1.29 is 9.32 Å². The molecule has 6 heteroatoms. The molecule has 0 saturated carbocycles. The molecule has 162 valence electrons. The number of nitrogens with zero attached hydrogens (tertiary/aromatic N) is 3. The number of carbonyl (C=O) groups is 1. The van der Waals surface area contributed by atoms with Gasteiger partial charge in [-0.05, 0) is 57.3 Å². The van der Waals surface area contributed by atoms with E-state index in [9.17, 15) is 4.79 Å². The molecule has 4 heterocycles. The van der Waals surface area contributed by atoms with Crippen LogP contribution in [0.4, 0.5) is 0 Å². The molecule has 2 aromatic heterocycles. The van der Waals surface area contributed by atoms with Crippen molar-refractivity contribution in [3.05, 3.63) is 54.0 Å². The van der Waals surface area contributed by atoms with E-state index in [1.165, 1.54) is 37.9 Å². The summed E-state index contributed by atoms with van der Waals surface area (Å²) in [6.07, 6.45) is 9.71. The molecule has 0 atom stereocenters. The average molecular weight is 419 g/mol. The summed E-state index contributed by atoms with van der Waals surface area (Å²) in [4.78, 5) is 20.9. The minimum Gasteiger partial charge on any atom is -0.356 e. The zero-order valence-corrected chi connectivity index (χ0v) is 18.1. The molecule has 3 aromatic rings. The normalized spacial score (nSPS) is 18.4. The first-order valence-electron chi connectivity index (χ1n) is 11.4. The van der Waals surface area contributed by atoms with E-state index >= 15 is 0 Å². The van der Waals surface area contributed by atoms with Crippen molar-refractivity contribution in [2.24, 2.45) is 0 Å². The topological polar surface area (TPSA) is 65.4 Å². The number of H-pyrrole nitrogens is 1. The summed E-state index contributed by atoms with van der Waals surface area (Å²) in [6, 6.07) is 10.8. The van der Waals surface area contributed by atoms with Gasteiger partial charge in [0.25, 0.3) is 5.91 Å². The van der Waals surface area contributed by atoms with Crippen molar-refractivity contribution >= 4 is 5.91 Å². The van der Waals surface area contributed by atoms with Gasteiger partial charge < -0.3 is 19.3 Å². The van der Waals surface area contributed by atoms with Crippen LogP contribution in [0.3, 0.4) is 0 Å². The van der Waals surface area contributed by atoms with Crippen LogP contribution in [0, 0.1) is 6.92 Å². The standard InChI is InChI=1S/C25H30N4O2/c1-18-6-5-7-19(14-18)22-17-27-31-24(22)20-15-23(26-16-20)25(30)29-12-8-21(9-13-29)28-10-3-2-4-11-28/h5-7,14-17,21,26H,2-4,8-13H2,1H3. The first-order valence-corrected chi connectivity index (χ1v) is 11.4. The predicted octanol–water partition coefficient (Wildman–Crippen LogP) is 4.74. The Balaban J connectivity index is 1.27. The number of benzene rings is 1. The second-order valence-electron chi connectivity index (χ2n) is 8.86. The Morgan fingerprint density at radius 3 is 2.65 bits per heavy atom. The van der Waals surface area contributed by atoms with Crippen LogP contribution in [0.1, 0.15) is 48.2 Å². The molecule has 6 nitrogen and oxygen atoms in total. The fourth-order valence-corrected chi connectivity index (χ4v) is 5.00. The molecular weight excluding hydrogens is 388 g/mol. The van der Waals surface area contributed by atoms with Crippen molar-refractivity contribution in [1.29, 1.82) is 0 Å². The highest BCUT2D eigenvalue weighted by Crippen LogP contribution is 2.33. The van der Waals surface area contributed by atoms with Crippen LogP contribution < -0.4 is 0 Å². The Morgan fingerprint density at radius 2 is 1.87 bits per heavy atom. The zero-order chi connectivity index (χ0) is 21.2. The molecule has 1 N–H and O–H groups in total. The summed E-state index contributed by atoms with van der Waals surface area (Å²) in [5.41, 5.74) is 4.63. The van der Waals surface area contributed by atoms with Crippen LogP contribution in [0.2, 0.25) is 0 Å². The molecule has 0 aliphatic carbocycles. The summed E-state index contributed by atoms with van der Waals surface area (Å²) < 4.78 is 5.56. The number of nitrogens with one attached hydrogen (secondary N) is 1. The number of hydrogen-bond acceptors (Lipinski definition) is 4. The van der Waals surface area contributed by atoms with Gasteiger partial charge in [0.1, 0.15) is 5.69 Å². The lowest BCUT2D eigenvalue weighted by Crippen LogP contribution is -2.48. The second kappa shape index (κ2) is 8.71. The van der Waals surface area contributed by atoms with E-state index in [2.05, 4.69) is 34.1 Å². The summed E-state index contributed by atoms with van der Waals surface area (Å²) in [5, 5.41) is 4.01. The van der Waals surface area contributed by atoms with Crippen molar-refractivity contribution in [2.45, 2.75) is 45.1 Å². The lowest BCUT2D eigenvalue weighted by atomic mass is 9.99. The first kappa shape index (κ1) is 20.1. The third kappa shape index (κ3) is 4.17. The van der Waals surface area contributed by atoms with E-state index in [4.69, 9.17) is 4.52 Å². The van der Waals surface area contributed by atoms with Crippen LogP contribution in [0.25, 0.3) is 22.5 Å². The highest BCUT2D eigenvalue weighted by molar-refractivity contribution is 5.94. The van der Waals surface area contributed by atoms with E-state index in [-0.39, 0.29) is 5.91 Å². The van der Waals surface area contributed by atoms with Gasteiger partial charge in [-0.2, -0.15) is 0 Å². The van der Waals surface area contributed by atoms with Crippen molar-refractivity contribution in [3.63, 3.8) is 0 Å². The van der Waals surface area contributed by atoms with Gasteiger partial charge in [-0.25, -0.2) is 0 Å². The number of likely N-dealkylation sites (tertiary alicyclic amines) is 2. The van der Waals surface area contributed by atoms with Gasteiger partial charge >= 0.3 is 0 Å². The molecule has 2 saturated heterocycles. The van der Waals surface area contributed by atoms with Gasteiger partial charge in [0, 0.05) is 36.5 Å². The number of amides is 1. The molecule has 0 unspecified atom stereocenters. The molecular formula is C25H30N4O2. The lowest BCUT2D eigenvalue weighted by molar-refractivity contribution is 0.0585. The van der Waals surface area contributed by atoms with Gasteiger partial charge in [0.05, 0.1) is 6.20 Å². The van der Waals surface area contributed by atoms with Crippen LogP contribution in [-0.2, 0) is 0 Å². The fourth-order valence-electron chi connectivity index (χ4n) is 5.00. The minimum absolute atomic E-state index is 0.0694. The zero-order valence-electron chi connectivity index (χ0n) is 18.1. The predicted molar refractivity (Wildman–Crippen MR) is 121 cm³/mol. The SMILES string of the molecule is Cc1cccc(-c2cnoc2-c2c[nH]c(C(=O)N3CCC(N4CCCCC4)CC3)c2)c1. The molecule has 2 aliphatic heterocycles. The number of piperidine rings is 2. The molecule has 1 amide bonds. The third-order valence-corrected chi connectivity index (χ3v) is 6.73. The Morgan fingerprint density at radius 1 is 1.06 bits per heavy atom. The first-order chi connectivity index (χ1) is 15.2. The lowest BCUT2D eigenvalue weighted by Gasteiger charge is -2.40. The van der Waals surface area contributed by atoms with Crippen LogP contribution >= 0.6 is 0 Å². The maximum atomic E-state index is 13.1. The number of hydrogen-bond donors (Lipinski definition) is 1. The van der Waals surface area contributed by atoms with Crippen molar-refractivity contribution in [1.82, 2.24) is 19.9 Å². The number of rotatable bonds is 4. The summed E-state index contributed by atoms with van der Waals surface area (Å²) in [6.45, 7) is 6.16. The fraction of sp³-hybridized carbons (Fsp3) is 0.440. The summed E-state index contributed by atoms with van der Waals surface area (Å²) in [7, 11) is 0. The summed E-state index contributed by atoms with van der Waals surface area (Å²) in [5.74, 6) is 0.754. The van der Waals surface area contributed by atoms with Gasteiger partial charge in [-0.1, -0.05) is 41.4 Å². The van der Waals surface area contributed by atoms with E-state index in [1.54, 1.807) is 6.20 Å². The maximum Gasteiger partial charge on any atom is 0.270 e. The molecule has 2 fully saturated rings. The Hall–Kier alpha value is -2.86. The Kier molecular flexibility index (Phi) is 5.64. The smallest absolute Gasteiger partial charge is 0.270 e. The molecule has 0 bridgehead atoms. The third-order valence-electron chi connectivity index (χ3n) is 6.73. The van der Waals surface area contributed by atoms with Crippen molar-refractivity contribution in [2.75, 3.05) is 26.2 Å². The number of aromatic amines is 1. The maximum absolute atomic E-state index is 13.1. The number of aryl methyl sites for hydroxylation is 1. The number of aromatic nitrogens is 2. The molecule has 1 aromatic carbocycles. The van der Waals surface area contributed by atoms with Crippen LogP contribution in [0.15, 0.2) is 47.2 Å². The van der Waals surface area contributed by atoms with Gasteiger partial charge in [0.15, 0.2) is 5.76 Å². The van der Waals surface area contributed by atoms with Gasteiger partial charge in [-0.15, -0.1) is 0 Å². The Bertz CT molecular complexity index is 1040. The van der Waals surface area contributed by atoms with E-state index in [0.29, 0.717) is 17.5 Å². The second-order valence-corrected chi connectivity index (χ2v) is 8.86. The molecule has 5 rings (SSSR count). The van der Waals surface area contributed by atoms with Gasteiger partial charge in [0.2, 0.25) is 0 Å². The quantitative estimate of drug-likeness (QED) is 0.665. The van der Waals surface area contributed by atoms with E-state index < -0.39 is 0 Å². The molecule has 0 spiro atoms. The molecule has 31 heavy (non-hydrogen) atoms. The highest BCUT2D eigenvalue weighted by atomic mass is 16.5. The van der Waals surface area contributed by atoms with E-state index in [1.807, 2.05) is 29.3 Å². The van der Waals surface area contributed by atoms with Crippen LogP contribution in [-0.4, -0.2) is 58.1 Å². The van der Waals surface area contributed by atoms with Crippen LogP contribution in [0.5, 0.6) is 0 Å². The Labute approximate surface area is 183 Å². The average Bonchev–Trinajstić information content (AvgIpc) is 3.49. The van der Waals surface area contributed by atoms with Gasteiger partial charge in [-0.3, -0.25) is 4.79 Å². The summed E-state index contributed by atoms with van der Waals surface area (Å²) >= 11 is 0. The highest BCUT2D eigenvalue weighted by Gasteiger charge is 2.29.